The summed E-state index contributed by atoms with van der Waals surface area (Å²) in [7, 11) is 2.62. The minimum atomic E-state index is -0.569. The van der Waals surface area contributed by atoms with Gasteiger partial charge in [-0.15, -0.1) is 11.3 Å². The van der Waals surface area contributed by atoms with E-state index in [-0.39, 0.29) is 17.4 Å². The van der Waals surface area contributed by atoms with E-state index >= 15 is 0 Å². The number of amides is 1. The van der Waals surface area contributed by atoms with Gasteiger partial charge < -0.3 is 14.8 Å². The van der Waals surface area contributed by atoms with Gasteiger partial charge in [0, 0.05) is 10.4 Å². The van der Waals surface area contributed by atoms with Crippen LogP contribution >= 0.6 is 11.3 Å². The van der Waals surface area contributed by atoms with Crippen molar-refractivity contribution in [2.45, 2.75) is 39.5 Å². The molecule has 0 unspecified atom stereocenters. The lowest BCUT2D eigenvalue weighted by atomic mass is 9.98. The van der Waals surface area contributed by atoms with Crippen LogP contribution in [0.4, 0.5) is 5.00 Å². The number of ether oxygens (including phenoxy) is 2. The third kappa shape index (κ3) is 3.42. The molecule has 28 heavy (non-hydrogen) atoms. The lowest BCUT2D eigenvalue weighted by molar-refractivity contribution is -0.142. The Kier molecular flexibility index (Phi) is 5.56. The smallest absolute Gasteiger partial charge is 0.341 e. The summed E-state index contributed by atoms with van der Waals surface area (Å²) in [6, 6.07) is 3.90. The third-order valence-corrected chi connectivity index (χ3v) is 6.22. The van der Waals surface area contributed by atoms with E-state index in [1.807, 2.05) is 32.9 Å². The summed E-state index contributed by atoms with van der Waals surface area (Å²) in [4.78, 5) is 38.5. The molecule has 1 amide bonds. The molecule has 2 aromatic rings. The monoisotopic (exact) mass is 401 g/mol. The first kappa shape index (κ1) is 20.1. The van der Waals surface area contributed by atoms with Gasteiger partial charge in [-0.2, -0.15) is 0 Å². The number of esters is 2. The first-order valence-electron chi connectivity index (χ1n) is 8.99. The van der Waals surface area contributed by atoms with E-state index in [0.717, 1.165) is 21.6 Å². The van der Waals surface area contributed by atoms with Gasteiger partial charge in [-0.3, -0.25) is 9.59 Å². The predicted octanol–water partition coefficient (Wildman–Crippen LogP) is 3.92. The molecule has 0 saturated carbocycles. The first-order chi connectivity index (χ1) is 13.3. The van der Waals surface area contributed by atoms with Gasteiger partial charge in [-0.25, -0.2) is 4.79 Å². The number of carbonyl (C=O) groups excluding carboxylic acids is 3. The summed E-state index contributed by atoms with van der Waals surface area (Å²) in [5, 5.41) is 3.29. The molecular formula is C21H23NO5S. The largest absolute Gasteiger partial charge is 0.469 e. The van der Waals surface area contributed by atoms with Gasteiger partial charge in [0.25, 0.3) is 5.91 Å². The highest BCUT2D eigenvalue weighted by molar-refractivity contribution is 7.17. The molecule has 1 N–H and O–H groups in total. The number of rotatable bonds is 4. The van der Waals surface area contributed by atoms with Gasteiger partial charge in [0.1, 0.15) is 5.00 Å². The van der Waals surface area contributed by atoms with Crippen molar-refractivity contribution in [2.24, 2.45) is 0 Å². The van der Waals surface area contributed by atoms with E-state index in [9.17, 15) is 14.4 Å². The molecule has 3 rings (SSSR count). The van der Waals surface area contributed by atoms with Crippen LogP contribution in [-0.4, -0.2) is 32.1 Å². The lowest BCUT2D eigenvalue weighted by Gasteiger charge is -2.13. The number of hydrogen-bond donors (Lipinski definition) is 1. The summed E-state index contributed by atoms with van der Waals surface area (Å²) in [6.07, 6.45) is 1.24. The van der Waals surface area contributed by atoms with Gasteiger partial charge >= 0.3 is 11.9 Å². The minimum absolute atomic E-state index is 0.256. The minimum Gasteiger partial charge on any atom is -0.469 e. The summed E-state index contributed by atoms with van der Waals surface area (Å²) < 4.78 is 9.82. The van der Waals surface area contributed by atoms with Gasteiger partial charge in [0.15, 0.2) is 0 Å². The number of aryl methyl sites for hydroxylation is 4. The quantitative estimate of drug-likeness (QED) is 0.786. The molecule has 0 saturated heterocycles. The second kappa shape index (κ2) is 7.75. The molecule has 1 heterocycles. The fourth-order valence-electron chi connectivity index (χ4n) is 3.94. The zero-order chi connectivity index (χ0) is 20.6. The molecule has 1 atom stereocenters. The van der Waals surface area contributed by atoms with Crippen LogP contribution in [0.15, 0.2) is 12.1 Å². The molecule has 1 aliphatic carbocycles. The fourth-order valence-corrected chi connectivity index (χ4v) is 5.20. The van der Waals surface area contributed by atoms with Gasteiger partial charge in [0.05, 0.1) is 25.7 Å². The Morgan fingerprint density at radius 3 is 2.25 bits per heavy atom. The highest BCUT2D eigenvalue weighted by Gasteiger charge is 2.38. The maximum Gasteiger partial charge on any atom is 0.341 e. The number of fused-ring (bicyclic) bond motifs is 1. The number of methoxy groups -OCH3 is 2. The standard InChI is InChI=1S/C21H23NO5S/c1-10-8-11(2)15(12(3)9-10)18(23)22-19-17(21(25)27-5)16-13(20(24)26-4)6-7-14(16)28-19/h8-9,13H,6-7H2,1-5H3,(H,22,23)/t13-/m0/s1. The highest BCUT2D eigenvalue weighted by Crippen LogP contribution is 2.46. The summed E-state index contributed by atoms with van der Waals surface area (Å²) >= 11 is 1.32. The van der Waals surface area contributed by atoms with Crippen molar-refractivity contribution >= 4 is 34.2 Å². The summed E-state index contributed by atoms with van der Waals surface area (Å²) in [5.41, 5.74) is 4.28. The van der Waals surface area contributed by atoms with Crippen LogP contribution in [0.3, 0.4) is 0 Å². The highest BCUT2D eigenvalue weighted by atomic mass is 32.1. The van der Waals surface area contributed by atoms with Crippen LogP contribution in [0, 0.1) is 20.8 Å². The number of thiophene rings is 1. The van der Waals surface area contributed by atoms with Crippen molar-refractivity contribution in [1.29, 1.82) is 0 Å². The molecule has 1 aromatic carbocycles. The number of nitrogens with one attached hydrogen (secondary N) is 1. The molecule has 0 bridgehead atoms. The van der Waals surface area contributed by atoms with Crippen LogP contribution in [0.25, 0.3) is 0 Å². The number of hydrogen-bond acceptors (Lipinski definition) is 6. The first-order valence-corrected chi connectivity index (χ1v) is 9.81. The van der Waals surface area contributed by atoms with Crippen molar-refractivity contribution in [1.82, 2.24) is 0 Å². The molecular weight excluding hydrogens is 378 g/mol. The van der Waals surface area contributed by atoms with Crippen molar-refractivity contribution in [2.75, 3.05) is 19.5 Å². The molecule has 1 aromatic heterocycles. The van der Waals surface area contributed by atoms with E-state index in [1.165, 1.54) is 25.6 Å². The van der Waals surface area contributed by atoms with E-state index in [1.54, 1.807) is 0 Å². The Morgan fingerprint density at radius 2 is 1.68 bits per heavy atom. The number of anilines is 1. The third-order valence-electron chi connectivity index (χ3n) is 5.04. The van der Waals surface area contributed by atoms with Gasteiger partial charge in [-0.05, 0) is 50.3 Å². The molecule has 0 radical (unpaired) electrons. The molecule has 148 valence electrons. The van der Waals surface area contributed by atoms with Gasteiger partial charge in [-0.1, -0.05) is 17.7 Å². The summed E-state index contributed by atoms with van der Waals surface area (Å²) in [6.45, 7) is 5.75. The molecule has 6 nitrogen and oxygen atoms in total. The molecule has 7 heteroatoms. The topological polar surface area (TPSA) is 81.7 Å². The Hall–Kier alpha value is -2.67. The van der Waals surface area contributed by atoms with E-state index < -0.39 is 11.9 Å². The van der Waals surface area contributed by atoms with Crippen LogP contribution in [0.1, 0.15) is 60.2 Å². The average Bonchev–Trinajstić information content (AvgIpc) is 3.18. The maximum atomic E-state index is 13.0. The van der Waals surface area contributed by atoms with Crippen molar-refractivity contribution in [3.8, 4) is 0 Å². The lowest BCUT2D eigenvalue weighted by Crippen LogP contribution is -2.19. The van der Waals surface area contributed by atoms with E-state index in [4.69, 9.17) is 9.47 Å². The van der Waals surface area contributed by atoms with Crippen molar-refractivity contribution < 1.29 is 23.9 Å². The van der Waals surface area contributed by atoms with Gasteiger partial charge in [0.2, 0.25) is 0 Å². The number of carbonyl (C=O) groups is 3. The zero-order valence-electron chi connectivity index (χ0n) is 16.6. The normalized spacial score (nSPS) is 15.1. The van der Waals surface area contributed by atoms with Crippen LogP contribution in [-0.2, 0) is 20.7 Å². The van der Waals surface area contributed by atoms with Crippen LogP contribution < -0.4 is 5.32 Å². The fraction of sp³-hybridized carbons (Fsp3) is 0.381. The van der Waals surface area contributed by atoms with Crippen LogP contribution in [0.5, 0.6) is 0 Å². The molecule has 1 aliphatic rings. The van der Waals surface area contributed by atoms with Crippen LogP contribution in [0.2, 0.25) is 0 Å². The second-order valence-electron chi connectivity index (χ2n) is 6.98. The van der Waals surface area contributed by atoms with E-state index in [0.29, 0.717) is 29.0 Å². The summed E-state index contributed by atoms with van der Waals surface area (Å²) in [5.74, 6) is -1.75. The average molecular weight is 401 g/mol. The Labute approximate surface area is 167 Å². The van der Waals surface area contributed by atoms with Crippen molar-refractivity contribution in [3.63, 3.8) is 0 Å². The predicted molar refractivity (Wildman–Crippen MR) is 107 cm³/mol. The van der Waals surface area contributed by atoms with Crippen molar-refractivity contribution in [3.05, 3.63) is 50.4 Å². The SMILES string of the molecule is COC(=O)c1c(NC(=O)c2c(C)cc(C)cc2C)sc2c1[C@@H](C(=O)OC)CC2. The number of benzene rings is 1. The molecule has 0 spiro atoms. The molecule has 0 aliphatic heterocycles. The molecule has 0 fully saturated rings. The Bertz CT molecular complexity index is 952. The Morgan fingerprint density at radius 1 is 1.04 bits per heavy atom. The second-order valence-corrected chi connectivity index (χ2v) is 8.08. The van der Waals surface area contributed by atoms with E-state index in [2.05, 4.69) is 5.32 Å². The maximum absolute atomic E-state index is 13.0. The zero-order valence-corrected chi connectivity index (χ0v) is 17.4. The Balaban J connectivity index is 2.03.